The number of benzene rings is 3. The van der Waals surface area contributed by atoms with E-state index in [1.165, 1.54) is 24.1 Å². The van der Waals surface area contributed by atoms with Crippen molar-refractivity contribution in [1.29, 1.82) is 0 Å². The molecule has 35 heavy (non-hydrogen) atoms. The Labute approximate surface area is 207 Å². The van der Waals surface area contributed by atoms with Gasteiger partial charge in [-0.2, -0.15) is 0 Å². The maximum Gasteiger partial charge on any atom is 0.258 e. The number of para-hydroxylation sites is 1. The van der Waals surface area contributed by atoms with Crippen molar-refractivity contribution in [3.05, 3.63) is 89.5 Å². The first-order valence-corrected chi connectivity index (χ1v) is 12.7. The van der Waals surface area contributed by atoms with Gasteiger partial charge in [0.2, 0.25) is 5.91 Å². The Hall–Kier alpha value is -3.60. The molecule has 1 fully saturated rings. The second-order valence-electron chi connectivity index (χ2n) is 9.64. The first kappa shape index (κ1) is 23.2. The maximum atomic E-state index is 13.7. The Balaban J connectivity index is 1.40. The van der Waals surface area contributed by atoms with Gasteiger partial charge in [-0.15, -0.1) is 0 Å². The number of carbonyl (C=O) groups excluding carboxylic acids is 2. The highest BCUT2D eigenvalue weighted by molar-refractivity contribution is 6.07. The van der Waals surface area contributed by atoms with E-state index in [0.717, 1.165) is 42.0 Å². The molecular formula is C30H33N3O2. The van der Waals surface area contributed by atoms with E-state index >= 15 is 0 Å². The van der Waals surface area contributed by atoms with Crippen molar-refractivity contribution in [3.8, 4) is 0 Å². The molecule has 3 aromatic rings. The summed E-state index contributed by atoms with van der Waals surface area (Å²) in [7, 11) is 0. The summed E-state index contributed by atoms with van der Waals surface area (Å²) in [6.45, 7) is 6.17. The minimum absolute atomic E-state index is 0.0111. The number of rotatable bonds is 5. The Bertz CT molecular complexity index is 1200. The number of fused-ring (bicyclic) bond motifs is 1. The number of nitrogens with one attached hydrogen (secondary N) is 1. The van der Waals surface area contributed by atoms with Gasteiger partial charge in [0.1, 0.15) is 0 Å². The lowest BCUT2D eigenvalue weighted by Gasteiger charge is -2.39. The first-order valence-electron chi connectivity index (χ1n) is 12.7. The van der Waals surface area contributed by atoms with Gasteiger partial charge >= 0.3 is 0 Å². The van der Waals surface area contributed by atoms with Gasteiger partial charge in [0.15, 0.2) is 0 Å². The average molecular weight is 468 g/mol. The van der Waals surface area contributed by atoms with Crippen LogP contribution in [0.5, 0.6) is 0 Å². The Morgan fingerprint density at radius 3 is 2.29 bits per heavy atom. The highest BCUT2D eigenvalue weighted by Crippen LogP contribution is 2.42. The summed E-state index contributed by atoms with van der Waals surface area (Å²) in [5.41, 5.74) is 6.08. The molecule has 0 spiro atoms. The Kier molecular flexibility index (Phi) is 6.58. The second kappa shape index (κ2) is 9.95. The Morgan fingerprint density at radius 1 is 0.914 bits per heavy atom. The molecule has 0 radical (unpaired) electrons. The van der Waals surface area contributed by atoms with E-state index in [1.807, 2.05) is 48.2 Å². The Morgan fingerprint density at radius 2 is 1.60 bits per heavy atom. The average Bonchev–Trinajstić information content (AvgIpc) is 3.44. The first-order chi connectivity index (χ1) is 17.0. The number of amides is 2. The summed E-state index contributed by atoms with van der Waals surface area (Å²) in [6, 6.07) is 24.5. The van der Waals surface area contributed by atoms with Crippen LogP contribution in [0.3, 0.4) is 0 Å². The molecule has 2 unspecified atom stereocenters. The van der Waals surface area contributed by atoms with E-state index in [0.29, 0.717) is 6.42 Å². The number of anilines is 3. The van der Waals surface area contributed by atoms with Crippen LogP contribution in [-0.2, 0) is 4.79 Å². The molecule has 2 aliphatic heterocycles. The fraction of sp³-hybridized carbons (Fsp3) is 0.333. The standard InChI is InChI=1S/C30H33N3O2/c1-3-29(34)31-24-14-10-22(11-15-24)27-20-21(2)33(28-9-5-4-8-26(27)28)30(35)23-12-16-25(17-13-23)32-18-6-7-19-32/h4-5,8-17,21,27H,3,6-7,18-20H2,1-2H3,(H,31,34). The lowest BCUT2D eigenvalue weighted by molar-refractivity contribution is -0.115. The number of carbonyl (C=O) groups is 2. The molecule has 0 aliphatic carbocycles. The number of hydrogen-bond donors (Lipinski definition) is 1. The molecular weight excluding hydrogens is 434 g/mol. The highest BCUT2D eigenvalue weighted by atomic mass is 16.2. The molecule has 0 bridgehead atoms. The van der Waals surface area contributed by atoms with Gasteiger partial charge in [-0.25, -0.2) is 0 Å². The van der Waals surface area contributed by atoms with Gasteiger partial charge in [-0.1, -0.05) is 37.3 Å². The SMILES string of the molecule is CCC(=O)Nc1ccc(C2CC(C)N(C(=O)c3ccc(N4CCCC4)cc3)c3ccccc32)cc1. The van der Waals surface area contributed by atoms with Crippen molar-refractivity contribution in [1.82, 2.24) is 0 Å². The zero-order chi connectivity index (χ0) is 24.4. The molecule has 2 atom stereocenters. The molecule has 1 saturated heterocycles. The van der Waals surface area contributed by atoms with Gasteiger partial charge in [-0.3, -0.25) is 9.59 Å². The predicted molar refractivity (Wildman–Crippen MR) is 142 cm³/mol. The van der Waals surface area contributed by atoms with Crippen LogP contribution in [0, 0.1) is 0 Å². The molecule has 0 aromatic heterocycles. The predicted octanol–water partition coefficient (Wildman–Crippen LogP) is 6.21. The number of hydrogen-bond acceptors (Lipinski definition) is 3. The third kappa shape index (κ3) is 4.68. The quantitative estimate of drug-likeness (QED) is 0.486. The van der Waals surface area contributed by atoms with Crippen molar-refractivity contribution in [2.24, 2.45) is 0 Å². The molecule has 5 rings (SSSR count). The van der Waals surface area contributed by atoms with Crippen molar-refractivity contribution in [3.63, 3.8) is 0 Å². The van der Waals surface area contributed by atoms with Crippen LogP contribution < -0.4 is 15.1 Å². The normalized spacial score (nSPS) is 19.4. The molecule has 1 N–H and O–H groups in total. The van der Waals surface area contributed by atoms with Crippen LogP contribution in [0.15, 0.2) is 72.8 Å². The minimum atomic E-state index is 0.0111. The molecule has 3 aromatic carbocycles. The van der Waals surface area contributed by atoms with Crippen LogP contribution in [0.1, 0.15) is 66.9 Å². The van der Waals surface area contributed by atoms with Crippen LogP contribution in [-0.4, -0.2) is 30.9 Å². The van der Waals surface area contributed by atoms with Crippen LogP contribution in [0.4, 0.5) is 17.1 Å². The molecule has 2 heterocycles. The van der Waals surface area contributed by atoms with Crippen LogP contribution >= 0.6 is 0 Å². The molecule has 2 aliphatic rings. The fourth-order valence-corrected chi connectivity index (χ4v) is 5.42. The summed E-state index contributed by atoms with van der Waals surface area (Å²) < 4.78 is 0. The van der Waals surface area contributed by atoms with Crippen molar-refractivity contribution >= 4 is 28.9 Å². The fourth-order valence-electron chi connectivity index (χ4n) is 5.42. The largest absolute Gasteiger partial charge is 0.372 e. The topological polar surface area (TPSA) is 52.7 Å². The van der Waals surface area contributed by atoms with E-state index in [1.54, 1.807) is 0 Å². The van der Waals surface area contributed by atoms with Gasteiger partial charge < -0.3 is 15.1 Å². The van der Waals surface area contributed by atoms with Gasteiger partial charge in [-0.05, 0) is 79.8 Å². The summed E-state index contributed by atoms with van der Waals surface area (Å²) >= 11 is 0. The van der Waals surface area contributed by atoms with Gasteiger partial charge in [0.25, 0.3) is 5.91 Å². The smallest absolute Gasteiger partial charge is 0.258 e. The van der Waals surface area contributed by atoms with E-state index in [2.05, 4.69) is 53.5 Å². The second-order valence-corrected chi connectivity index (χ2v) is 9.64. The van der Waals surface area contributed by atoms with Crippen molar-refractivity contribution in [2.45, 2.75) is 51.5 Å². The lowest BCUT2D eigenvalue weighted by Crippen LogP contribution is -2.43. The van der Waals surface area contributed by atoms with Gasteiger partial charge in [0, 0.05) is 54.1 Å². The number of nitrogens with zero attached hydrogens (tertiary/aromatic N) is 2. The van der Waals surface area contributed by atoms with E-state index in [9.17, 15) is 9.59 Å². The van der Waals surface area contributed by atoms with Crippen LogP contribution in [0.25, 0.3) is 0 Å². The van der Waals surface area contributed by atoms with Crippen molar-refractivity contribution < 1.29 is 9.59 Å². The highest BCUT2D eigenvalue weighted by Gasteiger charge is 2.34. The summed E-state index contributed by atoms with van der Waals surface area (Å²) in [4.78, 5) is 29.8. The zero-order valence-corrected chi connectivity index (χ0v) is 20.5. The monoisotopic (exact) mass is 467 g/mol. The molecule has 5 nitrogen and oxygen atoms in total. The summed E-state index contributed by atoms with van der Waals surface area (Å²) in [6.07, 6.45) is 3.77. The lowest BCUT2D eigenvalue weighted by atomic mass is 9.81. The van der Waals surface area contributed by atoms with E-state index in [4.69, 9.17) is 0 Å². The van der Waals surface area contributed by atoms with Crippen LogP contribution in [0.2, 0.25) is 0 Å². The molecule has 0 saturated carbocycles. The molecule has 2 amide bonds. The van der Waals surface area contributed by atoms with E-state index in [-0.39, 0.29) is 23.8 Å². The summed E-state index contributed by atoms with van der Waals surface area (Å²) in [5.74, 6) is 0.254. The van der Waals surface area contributed by atoms with E-state index < -0.39 is 0 Å². The summed E-state index contributed by atoms with van der Waals surface area (Å²) in [5, 5.41) is 2.92. The third-order valence-corrected chi connectivity index (χ3v) is 7.31. The minimum Gasteiger partial charge on any atom is -0.372 e. The van der Waals surface area contributed by atoms with Gasteiger partial charge in [0.05, 0.1) is 0 Å². The maximum absolute atomic E-state index is 13.7. The zero-order valence-electron chi connectivity index (χ0n) is 20.5. The van der Waals surface area contributed by atoms with Crippen molar-refractivity contribution in [2.75, 3.05) is 28.2 Å². The molecule has 180 valence electrons. The molecule has 5 heteroatoms. The third-order valence-electron chi connectivity index (χ3n) is 7.31.